The number of nitrogens with one attached hydrogen (secondary N) is 2. The number of carboxylic acids is 1. The number of carboxylic acid groups (broad SMARTS) is 1. The van der Waals surface area contributed by atoms with Crippen molar-refractivity contribution in [3.63, 3.8) is 0 Å². The lowest BCUT2D eigenvalue weighted by molar-refractivity contribution is -0.131. The van der Waals surface area contributed by atoms with E-state index in [4.69, 9.17) is 14.2 Å². The molecule has 3 aromatic carbocycles. The Bertz CT molecular complexity index is 1410. The molecule has 0 bridgehead atoms. The minimum atomic E-state index is -1.09. The Morgan fingerprint density at radius 2 is 1.65 bits per heavy atom. The van der Waals surface area contributed by atoms with Crippen LogP contribution in [0.4, 0.5) is 16.2 Å². The lowest BCUT2D eigenvalue weighted by Gasteiger charge is -2.25. The van der Waals surface area contributed by atoms with E-state index in [0.29, 0.717) is 35.7 Å². The van der Waals surface area contributed by atoms with Gasteiger partial charge in [0, 0.05) is 19.3 Å². The molecule has 3 N–H and O–H groups in total. The normalized spacial score (nSPS) is 16.4. The monoisotopic (exact) mass is 547 g/mol. The van der Waals surface area contributed by atoms with Crippen LogP contribution in [0.1, 0.15) is 39.5 Å². The predicted molar refractivity (Wildman–Crippen MR) is 150 cm³/mol. The van der Waals surface area contributed by atoms with Gasteiger partial charge in [-0.2, -0.15) is 0 Å². The second kappa shape index (κ2) is 12.5. The fraction of sp³-hybridized carbons (Fsp3) is 0.300. The molecule has 0 aliphatic carbocycles. The van der Waals surface area contributed by atoms with Crippen molar-refractivity contribution in [2.24, 2.45) is 0 Å². The summed E-state index contributed by atoms with van der Waals surface area (Å²) in [5.74, 6) is -0.549. The van der Waals surface area contributed by atoms with Crippen LogP contribution in [0.25, 0.3) is 0 Å². The minimum Gasteiger partial charge on any atom is -0.496 e. The molecule has 1 heterocycles. The number of aryl methyl sites for hydroxylation is 1. The van der Waals surface area contributed by atoms with Gasteiger partial charge in [-0.25, -0.2) is 9.59 Å². The van der Waals surface area contributed by atoms with Crippen molar-refractivity contribution in [1.82, 2.24) is 4.90 Å². The number of methoxy groups -OCH3 is 3. The first-order valence-electron chi connectivity index (χ1n) is 12.8. The summed E-state index contributed by atoms with van der Waals surface area (Å²) in [6.45, 7) is 2.31. The number of likely N-dealkylation sites (tertiary alicyclic amines) is 1. The first kappa shape index (κ1) is 28.4. The fourth-order valence-corrected chi connectivity index (χ4v) is 4.87. The molecule has 10 nitrogen and oxygen atoms in total. The van der Waals surface area contributed by atoms with E-state index in [1.54, 1.807) is 42.3 Å². The van der Waals surface area contributed by atoms with Gasteiger partial charge in [-0.15, -0.1) is 0 Å². The summed E-state index contributed by atoms with van der Waals surface area (Å²) >= 11 is 0. The molecule has 3 aromatic rings. The molecule has 1 fully saturated rings. The van der Waals surface area contributed by atoms with E-state index >= 15 is 0 Å². The quantitative estimate of drug-likeness (QED) is 0.348. The number of benzene rings is 3. The third-order valence-corrected chi connectivity index (χ3v) is 7.02. The standard InChI is InChI=1S/C30H33N3O7/c1-18-7-5-6-8-23(18)31-30(37)32-24-12-9-19(13-27(24)40-4)14-28(34)33-17-21(38-2)16-25(33)20-10-11-22(29(35)36)26(15-20)39-3/h5-13,15,21,25H,14,16-17H2,1-4H3,(H,35,36)(H2,31,32,37)/t21-,25-/m0/s1. The van der Waals surface area contributed by atoms with Gasteiger partial charge in [-0.05, 0) is 60.4 Å². The predicted octanol–water partition coefficient (Wildman–Crippen LogP) is 4.89. The second-order valence-corrected chi connectivity index (χ2v) is 9.53. The van der Waals surface area contributed by atoms with Gasteiger partial charge in [0.15, 0.2) is 0 Å². The van der Waals surface area contributed by atoms with Crippen LogP contribution in [0.5, 0.6) is 11.5 Å². The molecular formula is C30H33N3O7. The van der Waals surface area contributed by atoms with E-state index < -0.39 is 12.0 Å². The van der Waals surface area contributed by atoms with Crippen molar-refractivity contribution in [2.45, 2.75) is 31.9 Å². The Morgan fingerprint density at radius 3 is 2.33 bits per heavy atom. The van der Waals surface area contributed by atoms with Crippen molar-refractivity contribution in [3.05, 3.63) is 82.9 Å². The number of amides is 3. The summed E-state index contributed by atoms with van der Waals surface area (Å²) in [5.41, 5.74) is 3.64. The highest BCUT2D eigenvalue weighted by Crippen LogP contribution is 2.36. The number of nitrogens with zero attached hydrogens (tertiary/aromatic N) is 1. The van der Waals surface area contributed by atoms with E-state index in [1.807, 2.05) is 31.2 Å². The van der Waals surface area contributed by atoms with Gasteiger partial charge in [-0.3, -0.25) is 4.79 Å². The summed E-state index contributed by atoms with van der Waals surface area (Å²) in [4.78, 5) is 39.4. The average Bonchev–Trinajstić information content (AvgIpc) is 3.39. The molecule has 1 saturated heterocycles. The van der Waals surface area contributed by atoms with Crippen LogP contribution in [0.3, 0.4) is 0 Å². The number of anilines is 2. The second-order valence-electron chi connectivity index (χ2n) is 9.53. The van der Waals surface area contributed by atoms with Crippen LogP contribution in [0, 0.1) is 6.92 Å². The topological polar surface area (TPSA) is 126 Å². The highest BCUT2D eigenvalue weighted by Gasteiger charge is 2.36. The number of para-hydroxylation sites is 1. The van der Waals surface area contributed by atoms with E-state index in [1.165, 1.54) is 20.3 Å². The van der Waals surface area contributed by atoms with Crippen molar-refractivity contribution in [2.75, 3.05) is 38.5 Å². The molecule has 210 valence electrons. The Hall–Kier alpha value is -4.57. The van der Waals surface area contributed by atoms with E-state index in [-0.39, 0.29) is 35.8 Å². The van der Waals surface area contributed by atoms with Crippen LogP contribution >= 0.6 is 0 Å². The average molecular weight is 548 g/mol. The largest absolute Gasteiger partial charge is 0.496 e. The molecule has 0 unspecified atom stereocenters. The zero-order valence-corrected chi connectivity index (χ0v) is 22.9. The highest BCUT2D eigenvalue weighted by molar-refractivity contribution is 6.01. The van der Waals surface area contributed by atoms with Crippen LogP contribution in [0.15, 0.2) is 60.7 Å². The molecule has 0 saturated carbocycles. The lowest BCUT2D eigenvalue weighted by Crippen LogP contribution is -2.33. The Balaban J connectivity index is 1.49. The van der Waals surface area contributed by atoms with Crippen LogP contribution in [-0.2, 0) is 16.0 Å². The first-order chi connectivity index (χ1) is 19.2. The van der Waals surface area contributed by atoms with Crippen molar-refractivity contribution in [1.29, 1.82) is 0 Å². The third-order valence-electron chi connectivity index (χ3n) is 7.02. The van der Waals surface area contributed by atoms with E-state index in [9.17, 15) is 19.5 Å². The van der Waals surface area contributed by atoms with Crippen LogP contribution < -0.4 is 20.1 Å². The number of aromatic carboxylic acids is 1. The number of carbonyl (C=O) groups is 3. The number of hydrogen-bond donors (Lipinski definition) is 3. The molecule has 1 aliphatic heterocycles. The van der Waals surface area contributed by atoms with Gasteiger partial charge in [0.05, 0.1) is 38.5 Å². The van der Waals surface area contributed by atoms with E-state index in [0.717, 1.165) is 11.1 Å². The van der Waals surface area contributed by atoms with Crippen molar-refractivity contribution < 1.29 is 33.7 Å². The lowest BCUT2D eigenvalue weighted by atomic mass is 10.0. The third kappa shape index (κ3) is 6.35. The Labute approximate surface area is 232 Å². The maximum absolute atomic E-state index is 13.5. The minimum absolute atomic E-state index is 0.0544. The summed E-state index contributed by atoms with van der Waals surface area (Å²) in [5, 5.41) is 15.0. The number of ether oxygens (including phenoxy) is 3. The molecule has 0 radical (unpaired) electrons. The number of hydrogen-bond acceptors (Lipinski definition) is 6. The maximum atomic E-state index is 13.5. The Kier molecular flexibility index (Phi) is 8.90. The zero-order valence-electron chi connectivity index (χ0n) is 22.9. The molecule has 10 heteroatoms. The molecule has 0 spiro atoms. The number of urea groups is 1. The van der Waals surface area contributed by atoms with E-state index in [2.05, 4.69) is 10.6 Å². The molecular weight excluding hydrogens is 514 g/mol. The van der Waals surface area contributed by atoms with Gasteiger partial charge in [0.2, 0.25) is 5.91 Å². The van der Waals surface area contributed by atoms with Gasteiger partial charge in [0.1, 0.15) is 17.1 Å². The molecule has 3 amide bonds. The zero-order chi connectivity index (χ0) is 28.8. The first-order valence-corrected chi connectivity index (χ1v) is 12.8. The summed E-state index contributed by atoms with van der Waals surface area (Å²) in [6, 6.07) is 16.8. The summed E-state index contributed by atoms with van der Waals surface area (Å²) in [7, 11) is 4.52. The number of rotatable bonds is 9. The van der Waals surface area contributed by atoms with Crippen molar-refractivity contribution >= 4 is 29.3 Å². The molecule has 2 atom stereocenters. The van der Waals surface area contributed by atoms with Crippen LogP contribution in [-0.4, -0.2) is 61.9 Å². The molecule has 40 heavy (non-hydrogen) atoms. The summed E-state index contributed by atoms with van der Waals surface area (Å²) < 4.78 is 16.4. The molecule has 1 aliphatic rings. The molecule has 0 aromatic heterocycles. The van der Waals surface area contributed by atoms with Crippen LogP contribution in [0.2, 0.25) is 0 Å². The highest BCUT2D eigenvalue weighted by atomic mass is 16.5. The van der Waals surface area contributed by atoms with Gasteiger partial charge < -0.3 is 34.9 Å². The maximum Gasteiger partial charge on any atom is 0.339 e. The van der Waals surface area contributed by atoms with Crippen molar-refractivity contribution in [3.8, 4) is 11.5 Å². The van der Waals surface area contributed by atoms with Gasteiger partial charge >= 0.3 is 12.0 Å². The molecule has 4 rings (SSSR count). The SMILES string of the molecule is COc1cc(CC(=O)N2C[C@@H](OC)C[C@H]2c2ccc(C(=O)O)c(OC)c2)ccc1NC(=O)Nc1ccccc1C. The number of carbonyl (C=O) groups excluding carboxylic acids is 2. The fourth-order valence-electron chi connectivity index (χ4n) is 4.87. The Morgan fingerprint density at radius 1 is 0.925 bits per heavy atom. The van der Waals surface area contributed by atoms with Gasteiger partial charge in [0.25, 0.3) is 0 Å². The smallest absolute Gasteiger partial charge is 0.339 e. The summed E-state index contributed by atoms with van der Waals surface area (Å²) in [6.07, 6.45) is 0.510. The van der Waals surface area contributed by atoms with Gasteiger partial charge in [-0.1, -0.05) is 30.3 Å².